The van der Waals surface area contributed by atoms with E-state index in [1.165, 1.54) is 0 Å². The third kappa shape index (κ3) is 0.778. The fourth-order valence-electron chi connectivity index (χ4n) is 1.44. The van der Waals surface area contributed by atoms with Crippen LogP contribution in [0.15, 0.2) is 0 Å². The van der Waals surface area contributed by atoms with E-state index in [2.05, 4.69) is 12.2 Å². The first kappa shape index (κ1) is 6.75. The molecule has 52 valence electrons. The van der Waals surface area contributed by atoms with Gasteiger partial charge in [-0.1, -0.05) is 6.92 Å². The Bertz CT molecular complexity index is 140. The summed E-state index contributed by atoms with van der Waals surface area (Å²) in [5.41, 5.74) is -0.139. The molecule has 0 bridgehead atoms. The maximum absolute atomic E-state index is 10.9. The maximum Gasteiger partial charge on any atom is 0.150 e. The van der Waals surface area contributed by atoms with Crippen LogP contribution in [0.3, 0.4) is 0 Å². The van der Waals surface area contributed by atoms with Crippen LogP contribution in [0.1, 0.15) is 20.3 Å². The predicted molar refractivity (Wildman–Crippen MR) is 36.3 cm³/mol. The van der Waals surface area contributed by atoms with E-state index in [-0.39, 0.29) is 11.3 Å². The van der Waals surface area contributed by atoms with Gasteiger partial charge in [-0.05, 0) is 26.3 Å². The average Bonchev–Trinajstić information content (AvgIpc) is 2.43. The van der Waals surface area contributed by atoms with Gasteiger partial charge < -0.3 is 5.32 Å². The van der Waals surface area contributed by atoms with Crippen molar-refractivity contribution in [3.63, 3.8) is 0 Å². The lowest BCUT2D eigenvalue weighted by molar-refractivity contribution is -0.120. The highest BCUT2D eigenvalue weighted by molar-refractivity contribution is 5.89. The van der Waals surface area contributed by atoms with Gasteiger partial charge in [-0.2, -0.15) is 0 Å². The Balaban J connectivity index is 2.62. The van der Waals surface area contributed by atoms with Gasteiger partial charge in [0.1, 0.15) is 5.78 Å². The first-order valence-electron chi connectivity index (χ1n) is 3.33. The molecular weight excluding hydrogens is 114 g/mol. The molecule has 0 aliphatic heterocycles. The summed E-state index contributed by atoms with van der Waals surface area (Å²) >= 11 is 0. The fraction of sp³-hybridized carbons (Fsp3) is 0.857. The Morgan fingerprint density at radius 2 is 2.22 bits per heavy atom. The highest BCUT2D eigenvalue weighted by atomic mass is 16.1. The van der Waals surface area contributed by atoms with E-state index in [4.69, 9.17) is 0 Å². The minimum Gasteiger partial charge on any atom is -0.308 e. The largest absolute Gasteiger partial charge is 0.308 e. The predicted octanol–water partition coefficient (Wildman–Crippen LogP) is 0.573. The summed E-state index contributed by atoms with van der Waals surface area (Å²) in [6, 6.07) is 0. The molecule has 1 N–H and O–H groups in total. The molecule has 1 rings (SSSR count). The topological polar surface area (TPSA) is 29.1 Å². The van der Waals surface area contributed by atoms with E-state index in [1.54, 1.807) is 6.92 Å². The lowest BCUT2D eigenvalue weighted by atomic mass is 10.1. The van der Waals surface area contributed by atoms with E-state index >= 15 is 0 Å². The van der Waals surface area contributed by atoms with Crippen molar-refractivity contribution in [1.82, 2.24) is 5.32 Å². The molecule has 0 amide bonds. The van der Waals surface area contributed by atoms with E-state index in [0.29, 0.717) is 5.92 Å². The molecule has 2 nitrogen and oxygen atoms in total. The van der Waals surface area contributed by atoms with Crippen LogP contribution in [0, 0.1) is 5.92 Å². The van der Waals surface area contributed by atoms with Gasteiger partial charge in [-0.25, -0.2) is 0 Å². The van der Waals surface area contributed by atoms with Gasteiger partial charge in [0.05, 0.1) is 5.54 Å². The minimum absolute atomic E-state index is 0.139. The molecule has 0 aromatic carbocycles. The lowest BCUT2D eigenvalue weighted by Gasteiger charge is -2.09. The minimum atomic E-state index is -0.139. The van der Waals surface area contributed by atoms with Crippen LogP contribution in [0.4, 0.5) is 0 Å². The number of rotatable bonds is 2. The van der Waals surface area contributed by atoms with Gasteiger partial charge >= 0.3 is 0 Å². The standard InChI is InChI=1S/C7H13NO/c1-5-4-7(5,8-3)6(2)9/h5,8H,4H2,1-3H3/t5?,7-/m1/s1. The summed E-state index contributed by atoms with van der Waals surface area (Å²) in [5.74, 6) is 0.817. The molecule has 1 fully saturated rings. The summed E-state index contributed by atoms with van der Waals surface area (Å²) in [6.45, 7) is 3.75. The highest BCUT2D eigenvalue weighted by Gasteiger charge is 2.53. The van der Waals surface area contributed by atoms with Crippen LogP contribution in [0.25, 0.3) is 0 Å². The van der Waals surface area contributed by atoms with Gasteiger partial charge in [0.25, 0.3) is 0 Å². The molecule has 2 heteroatoms. The SMILES string of the molecule is CN[C@]1(C(C)=O)CC1C. The van der Waals surface area contributed by atoms with Crippen LogP contribution < -0.4 is 5.32 Å². The highest BCUT2D eigenvalue weighted by Crippen LogP contribution is 2.42. The smallest absolute Gasteiger partial charge is 0.150 e. The van der Waals surface area contributed by atoms with Crippen molar-refractivity contribution in [3.05, 3.63) is 0 Å². The number of hydrogen-bond donors (Lipinski definition) is 1. The second-order valence-corrected chi connectivity index (χ2v) is 2.88. The van der Waals surface area contributed by atoms with Crippen LogP contribution in [0.2, 0.25) is 0 Å². The van der Waals surface area contributed by atoms with Gasteiger partial charge in [0.15, 0.2) is 0 Å². The number of carbonyl (C=O) groups is 1. The molecule has 1 unspecified atom stereocenters. The molecule has 0 aromatic heterocycles. The number of ketones is 1. The van der Waals surface area contributed by atoms with E-state index < -0.39 is 0 Å². The third-order valence-corrected chi connectivity index (χ3v) is 2.38. The molecule has 0 heterocycles. The monoisotopic (exact) mass is 127 g/mol. The summed E-state index contributed by atoms with van der Waals surface area (Å²) in [7, 11) is 1.85. The molecule has 0 saturated heterocycles. The van der Waals surface area contributed by atoms with Gasteiger partial charge in [-0.15, -0.1) is 0 Å². The van der Waals surface area contributed by atoms with Crippen molar-refractivity contribution in [3.8, 4) is 0 Å². The van der Waals surface area contributed by atoms with Gasteiger partial charge in [0.2, 0.25) is 0 Å². The second kappa shape index (κ2) is 1.81. The molecule has 0 aromatic rings. The number of nitrogens with one attached hydrogen (secondary N) is 1. The Morgan fingerprint density at radius 1 is 1.78 bits per heavy atom. The first-order valence-corrected chi connectivity index (χ1v) is 3.33. The molecule has 0 radical (unpaired) electrons. The molecule has 9 heavy (non-hydrogen) atoms. The average molecular weight is 127 g/mol. The van der Waals surface area contributed by atoms with Crippen LogP contribution >= 0.6 is 0 Å². The zero-order valence-electron chi connectivity index (χ0n) is 6.19. The molecule has 2 atom stereocenters. The molecule has 1 aliphatic rings. The van der Waals surface area contributed by atoms with Crippen molar-refractivity contribution in [2.45, 2.75) is 25.8 Å². The molecular formula is C7H13NO. The first-order chi connectivity index (χ1) is 4.13. The normalized spacial score (nSPS) is 40.6. The zero-order valence-corrected chi connectivity index (χ0v) is 6.19. The van der Waals surface area contributed by atoms with E-state index in [9.17, 15) is 4.79 Å². The number of likely N-dealkylation sites (N-methyl/N-ethyl adjacent to an activating group) is 1. The Morgan fingerprint density at radius 3 is 2.22 bits per heavy atom. The summed E-state index contributed by atoms with van der Waals surface area (Å²) < 4.78 is 0. The Hall–Kier alpha value is -0.370. The van der Waals surface area contributed by atoms with Crippen LogP contribution in [-0.4, -0.2) is 18.4 Å². The van der Waals surface area contributed by atoms with E-state index in [1.807, 2.05) is 7.05 Å². The molecule has 0 spiro atoms. The van der Waals surface area contributed by atoms with Crippen molar-refractivity contribution < 1.29 is 4.79 Å². The summed E-state index contributed by atoms with van der Waals surface area (Å²) in [4.78, 5) is 10.9. The van der Waals surface area contributed by atoms with Crippen molar-refractivity contribution in [2.24, 2.45) is 5.92 Å². The van der Waals surface area contributed by atoms with Crippen molar-refractivity contribution in [2.75, 3.05) is 7.05 Å². The van der Waals surface area contributed by atoms with Crippen LogP contribution in [-0.2, 0) is 4.79 Å². The molecule has 1 aliphatic carbocycles. The quantitative estimate of drug-likeness (QED) is 0.587. The van der Waals surface area contributed by atoms with Gasteiger partial charge in [0, 0.05) is 0 Å². The number of Topliss-reactive ketones (excluding diaryl/α,β-unsaturated/α-hetero) is 1. The Labute approximate surface area is 55.6 Å². The lowest BCUT2D eigenvalue weighted by Crippen LogP contribution is -2.36. The van der Waals surface area contributed by atoms with Gasteiger partial charge in [-0.3, -0.25) is 4.79 Å². The Kier molecular flexibility index (Phi) is 1.35. The van der Waals surface area contributed by atoms with Crippen molar-refractivity contribution >= 4 is 5.78 Å². The zero-order chi connectivity index (χ0) is 7.07. The maximum atomic E-state index is 10.9. The second-order valence-electron chi connectivity index (χ2n) is 2.88. The van der Waals surface area contributed by atoms with E-state index in [0.717, 1.165) is 6.42 Å². The fourth-order valence-corrected chi connectivity index (χ4v) is 1.44. The molecule has 1 saturated carbocycles. The van der Waals surface area contributed by atoms with Crippen LogP contribution in [0.5, 0.6) is 0 Å². The number of hydrogen-bond acceptors (Lipinski definition) is 2. The van der Waals surface area contributed by atoms with Crippen molar-refractivity contribution in [1.29, 1.82) is 0 Å². The third-order valence-electron chi connectivity index (χ3n) is 2.38. The summed E-state index contributed by atoms with van der Waals surface area (Å²) in [6.07, 6.45) is 1.01. The summed E-state index contributed by atoms with van der Waals surface area (Å²) in [5, 5.41) is 3.05. The number of carbonyl (C=O) groups excluding carboxylic acids is 1.